The molecule has 0 unspecified atom stereocenters. The minimum Gasteiger partial charge on any atom is -0.496 e. The van der Waals surface area contributed by atoms with Gasteiger partial charge >= 0.3 is 11.9 Å². The van der Waals surface area contributed by atoms with Gasteiger partial charge in [0.05, 0.1) is 49.9 Å². The third-order valence-corrected chi connectivity index (χ3v) is 5.38. The number of para-hydroxylation sites is 1. The van der Waals surface area contributed by atoms with Crippen LogP contribution in [0, 0.1) is 17.0 Å². The molecule has 2 aromatic rings. The molecule has 0 aliphatic carbocycles. The summed E-state index contributed by atoms with van der Waals surface area (Å²) in [7, 11) is 4.03. The zero-order valence-corrected chi connectivity index (χ0v) is 18.7. The largest absolute Gasteiger partial charge is 0.496 e. The number of nitro benzene ring substituents is 1. The van der Waals surface area contributed by atoms with Crippen LogP contribution in [0.5, 0.6) is 5.75 Å². The molecule has 0 aromatic heterocycles. The Morgan fingerprint density at radius 3 is 2.15 bits per heavy atom. The molecule has 0 fully saturated rings. The molecule has 0 radical (unpaired) electrons. The van der Waals surface area contributed by atoms with Crippen LogP contribution in [-0.2, 0) is 25.6 Å². The van der Waals surface area contributed by atoms with Gasteiger partial charge in [0, 0.05) is 29.6 Å². The normalized spacial score (nSPS) is 13.6. The maximum Gasteiger partial charge on any atom is 0.336 e. The average molecular weight is 452 g/mol. The molecular formula is C24H24N2O7. The lowest BCUT2D eigenvalue weighted by Crippen LogP contribution is -2.28. The first-order valence-electron chi connectivity index (χ1n) is 10.0. The van der Waals surface area contributed by atoms with E-state index in [1.165, 1.54) is 20.3 Å². The minimum atomic E-state index is -0.905. The molecule has 9 nitrogen and oxygen atoms in total. The number of nitro groups is 1. The highest BCUT2D eigenvalue weighted by molar-refractivity contribution is 5.98. The van der Waals surface area contributed by atoms with E-state index in [4.69, 9.17) is 14.2 Å². The van der Waals surface area contributed by atoms with Crippen molar-refractivity contribution in [2.24, 2.45) is 0 Å². The zero-order chi connectivity index (χ0) is 24.1. The van der Waals surface area contributed by atoms with E-state index in [9.17, 15) is 19.7 Å². The molecule has 0 spiro atoms. The maximum atomic E-state index is 12.8. The van der Waals surface area contributed by atoms with E-state index >= 15 is 0 Å². The Kier molecular flexibility index (Phi) is 7.12. The number of hydrogen-bond donors (Lipinski definition) is 0. The Bertz CT molecular complexity index is 1120. The van der Waals surface area contributed by atoms with Crippen LogP contribution >= 0.6 is 0 Å². The van der Waals surface area contributed by atoms with Crippen molar-refractivity contribution in [1.82, 2.24) is 4.90 Å². The van der Waals surface area contributed by atoms with Gasteiger partial charge < -0.3 is 19.1 Å². The number of methoxy groups -OCH3 is 3. The lowest BCUT2D eigenvalue weighted by Gasteiger charge is -2.30. The topological polar surface area (TPSA) is 108 Å². The minimum absolute atomic E-state index is 0.114. The van der Waals surface area contributed by atoms with E-state index in [1.807, 2.05) is 24.3 Å². The van der Waals surface area contributed by atoms with Crippen molar-refractivity contribution in [3.8, 4) is 5.75 Å². The average Bonchev–Trinajstić information content (AvgIpc) is 2.83. The lowest BCUT2D eigenvalue weighted by atomic mass is 9.82. The highest BCUT2D eigenvalue weighted by Gasteiger charge is 2.36. The Labute approximate surface area is 191 Å². The number of carbonyl (C=O) groups excluding carboxylic acids is 2. The molecule has 0 saturated heterocycles. The summed E-state index contributed by atoms with van der Waals surface area (Å²) < 4.78 is 15.4. The fraction of sp³-hybridized carbons (Fsp3) is 0.250. The van der Waals surface area contributed by atoms with Gasteiger partial charge in [-0.3, -0.25) is 10.1 Å². The number of hydrogen-bond acceptors (Lipinski definition) is 8. The molecular weight excluding hydrogens is 428 g/mol. The summed E-state index contributed by atoms with van der Waals surface area (Å²) in [6.45, 7) is 1.91. The van der Waals surface area contributed by atoms with Crippen molar-refractivity contribution in [1.29, 1.82) is 0 Å². The molecule has 1 aliphatic rings. The van der Waals surface area contributed by atoms with Crippen molar-refractivity contribution in [2.75, 3.05) is 21.3 Å². The third kappa shape index (κ3) is 4.87. The van der Waals surface area contributed by atoms with Crippen LogP contribution in [0.25, 0.3) is 0 Å². The molecule has 9 heteroatoms. The summed E-state index contributed by atoms with van der Waals surface area (Å²) in [6.07, 6.45) is 3.14. The van der Waals surface area contributed by atoms with Gasteiger partial charge in [-0.2, -0.15) is 0 Å². The van der Waals surface area contributed by atoms with Gasteiger partial charge in [0.25, 0.3) is 5.69 Å². The fourth-order valence-electron chi connectivity index (χ4n) is 3.77. The van der Waals surface area contributed by atoms with Gasteiger partial charge in [-0.15, -0.1) is 0 Å². The van der Waals surface area contributed by atoms with Gasteiger partial charge in [0.15, 0.2) is 0 Å². The molecule has 3 rings (SSSR count). The summed E-state index contributed by atoms with van der Waals surface area (Å²) in [5.74, 6) is -1.58. The zero-order valence-electron chi connectivity index (χ0n) is 18.7. The summed E-state index contributed by atoms with van der Waals surface area (Å²) in [6, 6.07) is 12.0. The first kappa shape index (κ1) is 23.5. The van der Waals surface area contributed by atoms with E-state index in [0.717, 1.165) is 5.56 Å². The Balaban J connectivity index is 2.14. The van der Waals surface area contributed by atoms with Crippen molar-refractivity contribution in [3.05, 3.63) is 92.8 Å². The van der Waals surface area contributed by atoms with Gasteiger partial charge in [-0.05, 0) is 18.6 Å². The number of benzene rings is 2. The summed E-state index contributed by atoms with van der Waals surface area (Å²) in [5, 5.41) is 11.5. The number of carbonyl (C=O) groups is 2. The SMILES string of the molecule is COC(=O)C1=CN(Cc2ccccc2OC)C=C(C(=O)OC)C1c1ccc(C)c([N+](=O)[O-])c1. The second-order valence-corrected chi connectivity index (χ2v) is 7.37. The van der Waals surface area contributed by atoms with E-state index in [-0.39, 0.29) is 16.8 Å². The summed E-state index contributed by atoms with van der Waals surface area (Å²) >= 11 is 0. The number of ether oxygens (including phenoxy) is 3. The van der Waals surface area contributed by atoms with E-state index in [0.29, 0.717) is 23.4 Å². The molecule has 0 saturated carbocycles. The monoisotopic (exact) mass is 452 g/mol. The molecule has 0 bridgehead atoms. The number of nitrogens with zero attached hydrogens (tertiary/aromatic N) is 2. The standard InChI is InChI=1S/C24H24N2O7/c1-15-9-10-16(11-20(15)26(29)30)22-18(23(27)32-3)13-25(14-19(22)24(28)33-4)12-17-7-5-6-8-21(17)31-2/h5-11,13-14,22H,12H2,1-4H3. The maximum absolute atomic E-state index is 12.8. The fourth-order valence-corrected chi connectivity index (χ4v) is 3.77. The van der Waals surface area contributed by atoms with Crippen LogP contribution in [-0.4, -0.2) is 43.1 Å². The molecule has 0 N–H and O–H groups in total. The van der Waals surface area contributed by atoms with Crippen LogP contribution in [0.15, 0.2) is 66.0 Å². The predicted molar refractivity (Wildman–Crippen MR) is 119 cm³/mol. The van der Waals surface area contributed by atoms with E-state index in [2.05, 4.69) is 0 Å². The van der Waals surface area contributed by atoms with Crippen LogP contribution in [0.3, 0.4) is 0 Å². The molecule has 0 atom stereocenters. The summed E-state index contributed by atoms with van der Waals surface area (Å²) in [4.78, 5) is 38.2. The number of rotatable bonds is 7. The third-order valence-electron chi connectivity index (χ3n) is 5.38. The first-order chi connectivity index (χ1) is 15.8. The Morgan fingerprint density at radius 1 is 1.00 bits per heavy atom. The van der Waals surface area contributed by atoms with E-state index in [1.54, 1.807) is 43.5 Å². The first-order valence-corrected chi connectivity index (χ1v) is 10.0. The second-order valence-electron chi connectivity index (χ2n) is 7.37. The highest BCUT2D eigenvalue weighted by Crippen LogP contribution is 2.39. The van der Waals surface area contributed by atoms with Crippen molar-refractivity contribution >= 4 is 17.6 Å². The summed E-state index contributed by atoms with van der Waals surface area (Å²) in [5.41, 5.74) is 1.87. The van der Waals surface area contributed by atoms with Gasteiger partial charge in [0.1, 0.15) is 5.75 Å². The van der Waals surface area contributed by atoms with E-state index < -0.39 is 22.8 Å². The molecule has 33 heavy (non-hydrogen) atoms. The van der Waals surface area contributed by atoms with Crippen molar-refractivity contribution in [2.45, 2.75) is 19.4 Å². The quantitative estimate of drug-likeness (QED) is 0.356. The van der Waals surface area contributed by atoms with Crippen LogP contribution in [0.4, 0.5) is 5.69 Å². The van der Waals surface area contributed by atoms with Crippen molar-refractivity contribution in [3.63, 3.8) is 0 Å². The smallest absolute Gasteiger partial charge is 0.336 e. The lowest BCUT2D eigenvalue weighted by molar-refractivity contribution is -0.385. The molecule has 1 aliphatic heterocycles. The van der Waals surface area contributed by atoms with Gasteiger partial charge in [-0.25, -0.2) is 9.59 Å². The number of esters is 2. The van der Waals surface area contributed by atoms with Gasteiger partial charge in [-0.1, -0.05) is 30.3 Å². The Hall–Kier alpha value is -4.14. The van der Waals surface area contributed by atoms with Gasteiger partial charge in [0.2, 0.25) is 0 Å². The van der Waals surface area contributed by atoms with Crippen LogP contribution in [0.1, 0.15) is 22.6 Å². The number of aryl methyl sites for hydroxylation is 1. The molecule has 1 heterocycles. The molecule has 172 valence electrons. The molecule has 0 amide bonds. The Morgan fingerprint density at radius 2 is 1.61 bits per heavy atom. The van der Waals surface area contributed by atoms with Crippen LogP contribution < -0.4 is 4.74 Å². The highest BCUT2D eigenvalue weighted by atomic mass is 16.6. The van der Waals surface area contributed by atoms with Crippen LogP contribution in [0.2, 0.25) is 0 Å². The van der Waals surface area contributed by atoms with Crippen molar-refractivity contribution < 1.29 is 28.7 Å². The predicted octanol–water partition coefficient (Wildman–Crippen LogP) is 3.63. The molecule has 2 aromatic carbocycles. The second kappa shape index (κ2) is 9.99.